The first-order valence-corrected chi connectivity index (χ1v) is 5.20. The molecule has 1 rings (SSSR count). The monoisotopic (exact) mass is 224 g/mol. The molecule has 0 fully saturated rings. The predicted octanol–water partition coefficient (Wildman–Crippen LogP) is 1.84. The smallest absolute Gasteiger partial charge is 0.338 e. The van der Waals surface area contributed by atoms with Gasteiger partial charge in [-0.2, -0.15) is 0 Å². The molecule has 0 saturated carbocycles. The van der Waals surface area contributed by atoms with Gasteiger partial charge in [-0.1, -0.05) is 13.8 Å². The molecule has 1 aromatic rings. The van der Waals surface area contributed by atoms with E-state index in [0.29, 0.717) is 5.82 Å². The molecule has 0 bridgehead atoms. The second kappa shape index (κ2) is 5.03. The van der Waals surface area contributed by atoms with Crippen molar-refractivity contribution in [3.63, 3.8) is 0 Å². The molecule has 0 atom stereocenters. The van der Waals surface area contributed by atoms with Crippen LogP contribution in [-0.2, 0) is 10.3 Å². The van der Waals surface area contributed by atoms with Crippen LogP contribution in [0.25, 0.3) is 0 Å². The Kier molecular flexibility index (Phi) is 3.95. The summed E-state index contributed by atoms with van der Waals surface area (Å²) in [4.78, 5) is 18.8. The van der Waals surface area contributed by atoms with Crippen LogP contribution < -0.4 is 0 Å². The van der Waals surface area contributed by atoms with Gasteiger partial charge in [0.15, 0.2) is 5.82 Å². The van der Waals surface area contributed by atoms with Crippen molar-refractivity contribution in [2.75, 3.05) is 7.11 Å². The summed E-state index contributed by atoms with van der Waals surface area (Å²) in [5.74, 6) is -0.493. The summed E-state index contributed by atoms with van der Waals surface area (Å²) in [5, 5.41) is 8.74. The normalized spacial score (nSPS) is 11.4. The molecule has 5 nitrogen and oxygen atoms in total. The molecule has 0 aliphatic heterocycles. The molecule has 0 unspecified atom stereocenters. The first-order chi connectivity index (χ1) is 7.59. The molecular weight excluding hydrogens is 208 g/mol. The van der Waals surface area contributed by atoms with E-state index in [2.05, 4.69) is 9.97 Å². The maximum Gasteiger partial charge on any atom is 0.338 e. The van der Waals surface area contributed by atoms with Crippen molar-refractivity contribution in [1.29, 1.82) is 0 Å². The molecule has 88 valence electrons. The van der Waals surface area contributed by atoms with Gasteiger partial charge >= 0.3 is 5.97 Å². The van der Waals surface area contributed by atoms with E-state index in [4.69, 9.17) is 9.84 Å². The van der Waals surface area contributed by atoms with E-state index in [1.807, 2.05) is 13.8 Å². The van der Waals surface area contributed by atoms with Gasteiger partial charge in [-0.15, -0.1) is 0 Å². The first kappa shape index (κ1) is 12.6. The van der Waals surface area contributed by atoms with Crippen molar-refractivity contribution < 1.29 is 14.6 Å². The van der Waals surface area contributed by atoms with Crippen molar-refractivity contribution in [3.05, 3.63) is 23.8 Å². The average molecular weight is 224 g/mol. The Labute approximate surface area is 94.5 Å². The molecule has 0 saturated heterocycles. The van der Waals surface area contributed by atoms with Crippen molar-refractivity contribution in [2.45, 2.75) is 32.3 Å². The van der Waals surface area contributed by atoms with Crippen LogP contribution in [0.5, 0.6) is 0 Å². The van der Waals surface area contributed by atoms with Crippen LogP contribution in [0.4, 0.5) is 0 Å². The Morgan fingerprint density at radius 3 is 2.19 bits per heavy atom. The fourth-order valence-electron chi connectivity index (χ4n) is 1.62. The lowest BCUT2D eigenvalue weighted by molar-refractivity contribution is -0.0292. The van der Waals surface area contributed by atoms with Gasteiger partial charge in [0.05, 0.1) is 5.56 Å². The highest BCUT2D eigenvalue weighted by Gasteiger charge is 2.31. The number of nitrogens with zero attached hydrogens (tertiary/aromatic N) is 2. The number of methoxy groups -OCH3 is 1. The van der Waals surface area contributed by atoms with E-state index >= 15 is 0 Å². The van der Waals surface area contributed by atoms with Crippen molar-refractivity contribution in [1.82, 2.24) is 9.97 Å². The maximum absolute atomic E-state index is 10.7. The zero-order valence-electron chi connectivity index (χ0n) is 9.73. The second-order valence-electron chi connectivity index (χ2n) is 3.51. The number of carboxylic acid groups (broad SMARTS) is 1. The molecule has 0 spiro atoms. The van der Waals surface area contributed by atoms with Crippen LogP contribution >= 0.6 is 0 Å². The summed E-state index contributed by atoms with van der Waals surface area (Å²) in [6.45, 7) is 3.98. The Bertz CT molecular complexity index is 350. The number of hydrogen-bond acceptors (Lipinski definition) is 4. The van der Waals surface area contributed by atoms with Crippen LogP contribution in [0.2, 0.25) is 0 Å². The average Bonchev–Trinajstić information content (AvgIpc) is 2.33. The molecule has 1 heterocycles. The van der Waals surface area contributed by atoms with Gasteiger partial charge in [-0.25, -0.2) is 14.8 Å². The molecule has 16 heavy (non-hydrogen) atoms. The summed E-state index contributed by atoms with van der Waals surface area (Å²) in [5.41, 5.74) is -0.433. The Hall–Kier alpha value is -1.49. The highest BCUT2D eigenvalue weighted by molar-refractivity contribution is 5.86. The molecule has 1 N–H and O–H groups in total. The molecule has 0 aromatic carbocycles. The van der Waals surface area contributed by atoms with Gasteiger partial charge in [0.2, 0.25) is 0 Å². The van der Waals surface area contributed by atoms with E-state index < -0.39 is 11.6 Å². The Balaban J connectivity index is 3.08. The van der Waals surface area contributed by atoms with Crippen LogP contribution in [0.1, 0.15) is 42.9 Å². The fourth-order valence-corrected chi connectivity index (χ4v) is 1.62. The number of rotatable bonds is 5. The van der Waals surface area contributed by atoms with Crippen molar-refractivity contribution in [2.24, 2.45) is 0 Å². The zero-order valence-corrected chi connectivity index (χ0v) is 9.73. The summed E-state index contributed by atoms with van der Waals surface area (Å²) < 4.78 is 5.45. The predicted molar refractivity (Wildman–Crippen MR) is 58.3 cm³/mol. The van der Waals surface area contributed by atoms with Crippen LogP contribution in [0, 0.1) is 0 Å². The van der Waals surface area contributed by atoms with E-state index in [-0.39, 0.29) is 5.56 Å². The maximum atomic E-state index is 10.7. The quantitative estimate of drug-likeness (QED) is 0.826. The van der Waals surface area contributed by atoms with Crippen LogP contribution in [0.3, 0.4) is 0 Å². The Morgan fingerprint density at radius 1 is 1.38 bits per heavy atom. The summed E-state index contributed by atoms with van der Waals surface area (Å²) in [6.07, 6.45) is 4.10. The molecule has 0 aliphatic carbocycles. The minimum absolute atomic E-state index is 0.0842. The third-order valence-corrected chi connectivity index (χ3v) is 2.84. The number of aromatic nitrogens is 2. The molecular formula is C11H16N2O3. The SMILES string of the molecule is CCC(CC)(OC)c1ncc(C(=O)O)cn1. The van der Waals surface area contributed by atoms with E-state index in [9.17, 15) is 4.79 Å². The topological polar surface area (TPSA) is 72.3 Å². The minimum atomic E-state index is -1.03. The summed E-state index contributed by atoms with van der Waals surface area (Å²) >= 11 is 0. The van der Waals surface area contributed by atoms with Gasteiger partial charge in [-0.3, -0.25) is 0 Å². The molecule has 5 heteroatoms. The van der Waals surface area contributed by atoms with Crippen molar-refractivity contribution >= 4 is 5.97 Å². The number of hydrogen-bond donors (Lipinski definition) is 1. The van der Waals surface area contributed by atoms with E-state index in [1.165, 1.54) is 12.4 Å². The Morgan fingerprint density at radius 2 is 1.88 bits per heavy atom. The fraction of sp³-hybridized carbons (Fsp3) is 0.545. The lowest BCUT2D eigenvalue weighted by Crippen LogP contribution is -2.29. The molecule has 0 amide bonds. The lowest BCUT2D eigenvalue weighted by atomic mass is 9.96. The van der Waals surface area contributed by atoms with Gasteiger partial charge in [-0.05, 0) is 12.8 Å². The first-order valence-electron chi connectivity index (χ1n) is 5.20. The summed E-state index contributed by atoms with van der Waals surface area (Å²) in [6, 6.07) is 0. The largest absolute Gasteiger partial charge is 0.478 e. The van der Waals surface area contributed by atoms with Gasteiger partial charge < -0.3 is 9.84 Å². The lowest BCUT2D eigenvalue weighted by Gasteiger charge is -2.28. The number of carboxylic acids is 1. The third-order valence-electron chi connectivity index (χ3n) is 2.84. The number of ether oxygens (including phenoxy) is 1. The zero-order chi connectivity index (χ0) is 12.2. The van der Waals surface area contributed by atoms with Crippen molar-refractivity contribution in [3.8, 4) is 0 Å². The van der Waals surface area contributed by atoms with Crippen LogP contribution in [0.15, 0.2) is 12.4 Å². The second-order valence-corrected chi connectivity index (χ2v) is 3.51. The molecule has 0 aliphatic rings. The molecule has 1 aromatic heterocycles. The third kappa shape index (κ3) is 2.19. The van der Waals surface area contributed by atoms with Gasteiger partial charge in [0, 0.05) is 19.5 Å². The van der Waals surface area contributed by atoms with Gasteiger partial charge in [0.25, 0.3) is 0 Å². The standard InChI is InChI=1S/C11H16N2O3/c1-4-11(5-2,16-3)10-12-6-8(7-13-10)9(14)15/h6-7H,4-5H2,1-3H3,(H,14,15). The highest BCUT2D eigenvalue weighted by Crippen LogP contribution is 2.29. The number of carbonyl (C=O) groups is 1. The molecule has 0 radical (unpaired) electrons. The summed E-state index contributed by atoms with van der Waals surface area (Å²) in [7, 11) is 1.61. The number of aromatic carboxylic acids is 1. The minimum Gasteiger partial charge on any atom is -0.478 e. The van der Waals surface area contributed by atoms with E-state index in [0.717, 1.165) is 12.8 Å². The van der Waals surface area contributed by atoms with Gasteiger partial charge in [0.1, 0.15) is 5.60 Å². The highest BCUT2D eigenvalue weighted by atomic mass is 16.5. The van der Waals surface area contributed by atoms with Crippen LogP contribution in [-0.4, -0.2) is 28.2 Å². The van der Waals surface area contributed by atoms with E-state index in [1.54, 1.807) is 7.11 Å².